The highest BCUT2D eigenvalue weighted by molar-refractivity contribution is 6.29. The number of benzene rings is 1. The first-order chi connectivity index (χ1) is 8.69. The van der Waals surface area contributed by atoms with E-state index in [9.17, 15) is 4.79 Å². The van der Waals surface area contributed by atoms with E-state index >= 15 is 0 Å². The van der Waals surface area contributed by atoms with Crippen LogP contribution < -0.4 is 5.32 Å². The maximum atomic E-state index is 11.8. The van der Waals surface area contributed by atoms with Crippen LogP contribution in [-0.4, -0.2) is 16.1 Å². The van der Waals surface area contributed by atoms with E-state index < -0.39 is 0 Å². The van der Waals surface area contributed by atoms with E-state index in [4.69, 9.17) is 18.0 Å². The minimum absolute atomic E-state index is 0.186. The van der Waals surface area contributed by atoms with Crippen molar-refractivity contribution in [3.8, 4) is 12.3 Å². The fraction of sp³-hybridized carbons (Fsp3) is 0. The molecule has 2 aromatic rings. The second-order valence-electron chi connectivity index (χ2n) is 3.42. The van der Waals surface area contributed by atoms with Gasteiger partial charge in [0.2, 0.25) is 0 Å². The third kappa shape index (κ3) is 2.84. The van der Waals surface area contributed by atoms with Crippen molar-refractivity contribution in [2.45, 2.75) is 0 Å². The van der Waals surface area contributed by atoms with Gasteiger partial charge in [0.05, 0.1) is 0 Å². The van der Waals surface area contributed by atoms with Crippen LogP contribution in [0.1, 0.15) is 16.1 Å². The topological polar surface area (TPSA) is 54.9 Å². The first kappa shape index (κ1) is 12.1. The summed E-state index contributed by atoms with van der Waals surface area (Å²) in [7, 11) is 0. The van der Waals surface area contributed by atoms with Crippen molar-refractivity contribution >= 4 is 23.2 Å². The lowest BCUT2D eigenvalue weighted by Gasteiger charge is -2.04. The number of hydrogen-bond acceptors (Lipinski definition) is 3. The van der Waals surface area contributed by atoms with Crippen LogP contribution in [0.25, 0.3) is 0 Å². The van der Waals surface area contributed by atoms with Gasteiger partial charge in [-0.25, -0.2) is 0 Å². The van der Waals surface area contributed by atoms with Crippen LogP contribution in [-0.2, 0) is 0 Å². The molecule has 1 aromatic carbocycles. The van der Waals surface area contributed by atoms with Crippen molar-refractivity contribution in [3.05, 3.63) is 52.8 Å². The number of carbonyl (C=O) groups excluding carboxylic acids is 1. The lowest BCUT2D eigenvalue weighted by molar-refractivity contribution is 0.102. The van der Waals surface area contributed by atoms with Crippen molar-refractivity contribution < 1.29 is 4.79 Å². The molecule has 0 aliphatic carbocycles. The first-order valence-electron chi connectivity index (χ1n) is 5.06. The number of terminal acetylenes is 1. The van der Waals surface area contributed by atoms with Crippen LogP contribution >= 0.6 is 11.6 Å². The third-order valence-corrected chi connectivity index (χ3v) is 2.35. The second kappa shape index (κ2) is 5.30. The van der Waals surface area contributed by atoms with Gasteiger partial charge in [0, 0.05) is 11.3 Å². The molecule has 4 nitrogen and oxygen atoms in total. The Kier molecular flexibility index (Phi) is 3.56. The van der Waals surface area contributed by atoms with Crippen molar-refractivity contribution in [2.24, 2.45) is 0 Å². The normalized spacial score (nSPS) is 9.56. The van der Waals surface area contributed by atoms with Gasteiger partial charge in [0.1, 0.15) is 0 Å². The SMILES string of the molecule is C#Cc1cccc(NC(=O)c2ccc(Cl)nn2)c1. The number of amides is 1. The molecule has 0 aliphatic rings. The Balaban J connectivity index is 2.16. The summed E-state index contributed by atoms with van der Waals surface area (Å²) in [5.41, 5.74) is 1.48. The Morgan fingerprint density at radius 2 is 2.11 bits per heavy atom. The molecule has 1 N–H and O–H groups in total. The van der Waals surface area contributed by atoms with Gasteiger partial charge >= 0.3 is 0 Å². The minimum atomic E-state index is -0.367. The molecule has 0 saturated carbocycles. The summed E-state index contributed by atoms with van der Waals surface area (Å²) in [5.74, 6) is 2.12. The van der Waals surface area contributed by atoms with Crippen LogP contribution in [0, 0.1) is 12.3 Å². The standard InChI is InChI=1S/C13H8ClN3O/c1-2-9-4-3-5-10(8-9)15-13(18)11-6-7-12(14)17-16-11/h1,3-8H,(H,15,18). The third-order valence-electron chi connectivity index (χ3n) is 2.15. The predicted molar refractivity (Wildman–Crippen MR) is 69.4 cm³/mol. The van der Waals surface area contributed by atoms with Gasteiger partial charge in [-0.2, -0.15) is 0 Å². The van der Waals surface area contributed by atoms with Crippen molar-refractivity contribution in [1.82, 2.24) is 10.2 Å². The summed E-state index contributed by atoms with van der Waals surface area (Å²) in [6.45, 7) is 0. The van der Waals surface area contributed by atoms with E-state index in [1.807, 2.05) is 0 Å². The highest BCUT2D eigenvalue weighted by Crippen LogP contribution is 2.11. The lowest BCUT2D eigenvalue weighted by atomic mass is 10.2. The highest BCUT2D eigenvalue weighted by atomic mass is 35.5. The largest absolute Gasteiger partial charge is 0.321 e. The fourth-order valence-corrected chi connectivity index (χ4v) is 1.42. The maximum Gasteiger partial charge on any atom is 0.276 e. The van der Waals surface area contributed by atoms with Crippen molar-refractivity contribution in [1.29, 1.82) is 0 Å². The molecule has 0 aliphatic heterocycles. The van der Waals surface area contributed by atoms with Gasteiger partial charge in [0.15, 0.2) is 10.8 Å². The molecule has 88 valence electrons. The number of rotatable bonds is 2. The first-order valence-corrected chi connectivity index (χ1v) is 5.44. The molecule has 0 radical (unpaired) electrons. The molecule has 0 atom stereocenters. The Morgan fingerprint density at radius 1 is 1.28 bits per heavy atom. The summed E-state index contributed by atoms with van der Waals surface area (Å²) in [6, 6.07) is 9.97. The number of hydrogen-bond donors (Lipinski definition) is 1. The number of nitrogens with one attached hydrogen (secondary N) is 1. The molecule has 0 bridgehead atoms. The predicted octanol–water partition coefficient (Wildman–Crippen LogP) is 2.36. The van der Waals surface area contributed by atoms with Crippen LogP contribution in [0.5, 0.6) is 0 Å². The Hall–Kier alpha value is -2.38. The molecule has 0 saturated heterocycles. The minimum Gasteiger partial charge on any atom is -0.321 e. The molecule has 1 aromatic heterocycles. The van der Waals surface area contributed by atoms with Gasteiger partial charge in [-0.1, -0.05) is 23.6 Å². The molecule has 2 rings (SSSR count). The van der Waals surface area contributed by atoms with Crippen LogP contribution in [0.4, 0.5) is 5.69 Å². The molecule has 5 heteroatoms. The average molecular weight is 258 g/mol. The summed E-state index contributed by atoms with van der Waals surface area (Å²) < 4.78 is 0. The summed E-state index contributed by atoms with van der Waals surface area (Å²) in [6.07, 6.45) is 5.28. The maximum absolute atomic E-state index is 11.8. The number of halogens is 1. The fourth-order valence-electron chi connectivity index (χ4n) is 1.32. The zero-order valence-corrected chi connectivity index (χ0v) is 9.98. The Bertz CT molecular complexity index is 617. The zero-order valence-electron chi connectivity index (χ0n) is 9.22. The van der Waals surface area contributed by atoms with E-state index in [0.29, 0.717) is 11.3 Å². The van der Waals surface area contributed by atoms with E-state index in [-0.39, 0.29) is 16.8 Å². The molecule has 0 fully saturated rings. The number of aromatic nitrogens is 2. The summed E-state index contributed by atoms with van der Waals surface area (Å²) in [4.78, 5) is 11.8. The number of anilines is 1. The Labute approximate surface area is 109 Å². The van der Waals surface area contributed by atoms with Crippen LogP contribution in [0.3, 0.4) is 0 Å². The zero-order chi connectivity index (χ0) is 13.0. The summed E-state index contributed by atoms with van der Waals surface area (Å²) >= 11 is 5.59. The molecular formula is C13H8ClN3O. The monoisotopic (exact) mass is 257 g/mol. The molecule has 1 amide bonds. The Morgan fingerprint density at radius 3 is 2.78 bits per heavy atom. The molecule has 1 heterocycles. The number of nitrogens with zero attached hydrogens (tertiary/aromatic N) is 2. The lowest BCUT2D eigenvalue weighted by Crippen LogP contribution is -2.14. The van der Waals surface area contributed by atoms with Crippen molar-refractivity contribution in [3.63, 3.8) is 0 Å². The van der Waals surface area contributed by atoms with Gasteiger partial charge in [-0.3, -0.25) is 4.79 Å². The van der Waals surface area contributed by atoms with Crippen LogP contribution in [0.15, 0.2) is 36.4 Å². The quantitative estimate of drug-likeness (QED) is 0.841. The van der Waals surface area contributed by atoms with E-state index in [2.05, 4.69) is 21.4 Å². The van der Waals surface area contributed by atoms with Gasteiger partial charge < -0.3 is 5.32 Å². The summed E-state index contributed by atoms with van der Waals surface area (Å²) in [5, 5.41) is 10.2. The van der Waals surface area contributed by atoms with Gasteiger partial charge in [0.25, 0.3) is 5.91 Å². The van der Waals surface area contributed by atoms with Gasteiger partial charge in [-0.05, 0) is 30.3 Å². The van der Waals surface area contributed by atoms with Crippen LogP contribution in [0.2, 0.25) is 5.15 Å². The van der Waals surface area contributed by atoms with E-state index in [0.717, 1.165) is 0 Å². The number of carbonyl (C=O) groups is 1. The molecule has 0 spiro atoms. The molecule has 0 unspecified atom stereocenters. The van der Waals surface area contributed by atoms with Crippen molar-refractivity contribution in [2.75, 3.05) is 5.32 Å². The van der Waals surface area contributed by atoms with E-state index in [1.165, 1.54) is 12.1 Å². The van der Waals surface area contributed by atoms with E-state index in [1.54, 1.807) is 24.3 Å². The van der Waals surface area contributed by atoms with Gasteiger partial charge in [-0.15, -0.1) is 16.6 Å². The highest BCUT2D eigenvalue weighted by Gasteiger charge is 2.08. The average Bonchev–Trinajstić information content (AvgIpc) is 2.39. The second-order valence-corrected chi connectivity index (χ2v) is 3.81. The smallest absolute Gasteiger partial charge is 0.276 e. The molecular weight excluding hydrogens is 250 g/mol. The molecule has 18 heavy (non-hydrogen) atoms.